The average molecular weight is 219 g/mol. The fourth-order valence-electron chi connectivity index (χ4n) is 1.64. The van der Waals surface area contributed by atoms with Gasteiger partial charge in [0.1, 0.15) is 11.1 Å². The van der Waals surface area contributed by atoms with E-state index < -0.39 is 0 Å². The van der Waals surface area contributed by atoms with E-state index in [1.54, 1.807) is 24.0 Å². The molecule has 0 bridgehead atoms. The molecule has 0 aliphatic carbocycles. The van der Waals surface area contributed by atoms with Gasteiger partial charge in [0, 0.05) is 11.9 Å². The minimum absolute atomic E-state index is 0.688. The largest absolute Gasteiger partial charge is 0.316 e. The van der Waals surface area contributed by atoms with Gasteiger partial charge in [0.05, 0.1) is 5.56 Å². The summed E-state index contributed by atoms with van der Waals surface area (Å²) in [5.41, 5.74) is 0.688. The van der Waals surface area contributed by atoms with Crippen LogP contribution in [0.3, 0.4) is 0 Å². The number of thioether (sulfide) groups is 1. The van der Waals surface area contributed by atoms with E-state index in [4.69, 9.17) is 5.26 Å². The lowest BCUT2D eigenvalue weighted by molar-refractivity contribution is 0.662. The Morgan fingerprint density at radius 1 is 1.67 bits per heavy atom. The van der Waals surface area contributed by atoms with Crippen molar-refractivity contribution in [2.75, 3.05) is 18.8 Å². The maximum atomic E-state index is 8.89. The summed E-state index contributed by atoms with van der Waals surface area (Å²) in [5.74, 6) is 1.78. The van der Waals surface area contributed by atoms with E-state index in [1.165, 1.54) is 6.42 Å². The highest BCUT2D eigenvalue weighted by Crippen LogP contribution is 2.23. The second-order valence-electron chi connectivity index (χ2n) is 3.64. The summed E-state index contributed by atoms with van der Waals surface area (Å²) < 4.78 is 0. The van der Waals surface area contributed by atoms with Crippen molar-refractivity contribution >= 4 is 11.8 Å². The molecule has 4 heteroatoms. The first-order chi connectivity index (χ1) is 7.40. The first-order valence-corrected chi connectivity index (χ1v) is 6.07. The zero-order chi connectivity index (χ0) is 10.5. The molecular weight excluding hydrogens is 206 g/mol. The number of hydrogen-bond acceptors (Lipinski definition) is 4. The van der Waals surface area contributed by atoms with E-state index in [0.717, 1.165) is 29.8 Å². The third-order valence-corrected chi connectivity index (χ3v) is 3.75. The Kier molecular flexibility index (Phi) is 3.59. The maximum absolute atomic E-state index is 8.89. The molecule has 1 N–H and O–H groups in total. The van der Waals surface area contributed by atoms with Crippen LogP contribution >= 0.6 is 11.8 Å². The molecular formula is C11H13N3S. The minimum atomic E-state index is 0.688. The number of rotatable bonds is 3. The van der Waals surface area contributed by atoms with Crippen LogP contribution in [0.1, 0.15) is 12.0 Å². The molecule has 1 aliphatic rings. The predicted octanol–water partition coefficient (Wildman–Crippen LogP) is 1.65. The predicted molar refractivity (Wildman–Crippen MR) is 60.7 cm³/mol. The van der Waals surface area contributed by atoms with Gasteiger partial charge >= 0.3 is 0 Å². The van der Waals surface area contributed by atoms with E-state index >= 15 is 0 Å². The Balaban J connectivity index is 1.95. The van der Waals surface area contributed by atoms with Crippen LogP contribution in [0.2, 0.25) is 0 Å². The van der Waals surface area contributed by atoms with Crippen LogP contribution in [-0.4, -0.2) is 23.8 Å². The molecule has 2 rings (SSSR count). The highest BCUT2D eigenvalue weighted by Gasteiger charge is 2.15. The zero-order valence-corrected chi connectivity index (χ0v) is 9.26. The fraction of sp³-hybridized carbons (Fsp3) is 0.455. The first-order valence-electron chi connectivity index (χ1n) is 5.09. The summed E-state index contributed by atoms with van der Waals surface area (Å²) in [6, 6.07) is 5.80. The summed E-state index contributed by atoms with van der Waals surface area (Å²) in [5, 5.41) is 13.1. The molecule has 3 nitrogen and oxygen atoms in total. The molecule has 0 spiro atoms. The summed E-state index contributed by atoms with van der Waals surface area (Å²) >= 11 is 1.70. The second-order valence-corrected chi connectivity index (χ2v) is 4.65. The Morgan fingerprint density at radius 3 is 3.33 bits per heavy atom. The van der Waals surface area contributed by atoms with E-state index in [0.29, 0.717) is 5.56 Å². The molecule has 0 aromatic carbocycles. The molecule has 0 radical (unpaired) electrons. The van der Waals surface area contributed by atoms with Crippen LogP contribution in [0.25, 0.3) is 0 Å². The van der Waals surface area contributed by atoms with Gasteiger partial charge in [-0.2, -0.15) is 5.26 Å². The quantitative estimate of drug-likeness (QED) is 0.785. The second kappa shape index (κ2) is 5.15. The number of hydrogen-bond donors (Lipinski definition) is 1. The lowest BCUT2D eigenvalue weighted by Gasteiger charge is -2.07. The van der Waals surface area contributed by atoms with Crippen LogP contribution in [0, 0.1) is 17.2 Å². The van der Waals surface area contributed by atoms with Gasteiger partial charge in [0.15, 0.2) is 0 Å². The minimum Gasteiger partial charge on any atom is -0.316 e. The average Bonchev–Trinajstić information content (AvgIpc) is 2.79. The van der Waals surface area contributed by atoms with Crippen molar-refractivity contribution in [1.29, 1.82) is 5.26 Å². The Bertz CT molecular complexity index is 366. The highest BCUT2D eigenvalue weighted by atomic mass is 32.2. The molecule has 1 atom stereocenters. The molecule has 1 aromatic heterocycles. The van der Waals surface area contributed by atoms with Crippen LogP contribution in [0.4, 0.5) is 0 Å². The van der Waals surface area contributed by atoms with Crippen molar-refractivity contribution in [3.63, 3.8) is 0 Å². The maximum Gasteiger partial charge on any atom is 0.114 e. The molecule has 0 saturated carbocycles. The lowest BCUT2D eigenvalue weighted by atomic mass is 10.2. The van der Waals surface area contributed by atoms with Gasteiger partial charge in [0.25, 0.3) is 0 Å². The Hall–Kier alpha value is -1.05. The van der Waals surface area contributed by atoms with Gasteiger partial charge < -0.3 is 5.32 Å². The van der Waals surface area contributed by atoms with Gasteiger partial charge in [-0.1, -0.05) is 0 Å². The first kappa shape index (κ1) is 10.5. The third-order valence-electron chi connectivity index (χ3n) is 2.51. The monoisotopic (exact) mass is 219 g/mol. The summed E-state index contributed by atoms with van der Waals surface area (Å²) in [6.45, 7) is 2.22. The van der Waals surface area contributed by atoms with Crippen molar-refractivity contribution in [3.8, 4) is 6.07 Å². The van der Waals surface area contributed by atoms with Crippen molar-refractivity contribution in [1.82, 2.24) is 10.3 Å². The molecule has 1 aliphatic heterocycles. The van der Waals surface area contributed by atoms with Gasteiger partial charge in [0.2, 0.25) is 0 Å². The Labute approximate surface area is 93.9 Å². The molecule has 1 aromatic rings. The highest BCUT2D eigenvalue weighted by molar-refractivity contribution is 7.99. The van der Waals surface area contributed by atoms with Crippen molar-refractivity contribution < 1.29 is 0 Å². The molecule has 15 heavy (non-hydrogen) atoms. The van der Waals surface area contributed by atoms with Crippen LogP contribution < -0.4 is 5.32 Å². The molecule has 0 unspecified atom stereocenters. The van der Waals surface area contributed by atoms with Gasteiger partial charge in [-0.25, -0.2) is 4.98 Å². The van der Waals surface area contributed by atoms with Crippen molar-refractivity contribution in [2.45, 2.75) is 11.4 Å². The van der Waals surface area contributed by atoms with E-state index in [-0.39, 0.29) is 0 Å². The van der Waals surface area contributed by atoms with Gasteiger partial charge in [-0.05, 0) is 37.6 Å². The standard InChI is InChI=1S/C11H13N3S/c12-6-10-2-1-4-14-11(10)15-8-9-3-5-13-7-9/h1-2,4,9,13H,3,5,7-8H2/t9-/m1/s1. The number of nitrogens with one attached hydrogen (secondary N) is 1. The van der Waals surface area contributed by atoms with E-state index in [1.807, 2.05) is 6.07 Å². The van der Waals surface area contributed by atoms with E-state index in [9.17, 15) is 0 Å². The van der Waals surface area contributed by atoms with Gasteiger partial charge in [-0.3, -0.25) is 0 Å². The lowest BCUT2D eigenvalue weighted by Crippen LogP contribution is -2.10. The molecule has 1 fully saturated rings. The topological polar surface area (TPSA) is 48.7 Å². The number of nitrogens with zero attached hydrogens (tertiary/aromatic N) is 2. The van der Waals surface area contributed by atoms with Crippen LogP contribution in [0.5, 0.6) is 0 Å². The molecule has 1 saturated heterocycles. The summed E-state index contributed by atoms with van der Waals surface area (Å²) in [4.78, 5) is 4.23. The normalized spacial score (nSPS) is 20.1. The fourth-order valence-corrected chi connectivity index (χ4v) is 2.73. The third kappa shape index (κ3) is 2.71. The SMILES string of the molecule is N#Cc1cccnc1SC[C@@H]1CCNC1. The molecule has 2 heterocycles. The molecule has 78 valence electrons. The van der Waals surface area contributed by atoms with Gasteiger partial charge in [-0.15, -0.1) is 11.8 Å². The van der Waals surface area contributed by atoms with Crippen LogP contribution in [-0.2, 0) is 0 Å². The number of aromatic nitrogens is 1. The van der Waals surface area contributed by atoms with Crippen LogP contribution in [0.15, 0.2) is 23.4 Å². The van der Waals surface area contributed by atoms with Crippen molar-refractivity contribution in [2.24, 2.45) is 5.92 Å². The zero-order valence-electron chi connectivity index (χ0n) is 8.44. The smallest absolute Gasteiger partial charge is 0.114 e. The Morgan fingerprint density at radius 2 is 2.60 bits per heavy atom. The number of nitriles is 1. The number of pyridine rings is 1. The summed E-state index contributed by atoms with van der Waals surface area (Å²) in [7, 11) is 0. The van der Waals surface area contributed by atoms with E-state index in [2.05, 4.69) is 16.4 Å². The molecule has 0 amide bonds. The van der Waals surface area contributed by atoms with Crippen molar-refractivity contribution in [3.05, 3.63) is 23.9 Å². The summed E-state index contributed by atoms with van der Waals surface area (Å²) in [6.07, 6.45) is 2.98.